The van der Waals surface area contributed by atoms with Crippen LogP contribution in [0.2, 0.25) is 0 Å². The summed E-state index contributed by atoms with van der Waals surface area (Å²) in [6.07, 6.45) is 6.23. The van der Waals surface area contributed by atoms with Gasteiger partial charge >= 0.3 is 6.03 Å². The Labute approximate surface area is 150 Å². The number of carbonyl (C=O) groups is 3. The number of aryl methyl sites for hydroxylation is 1. The van der Waals surface area contributed by atoms with Gasteiger partial charge in [0.05, 0.1) is 5.69 Å². The van der Waals surface area contributed by atoms with Gasteiger partial charge in [0.1, 0.15) is 12.1 Å². The summed E-state index contributed by atoms with van der Waals surface area (Å²) in [4.78, 5) is 43.8. The molecular formula is C17H22N4O3S. The van der Waals surface area contributed by atoms with Crippen molar-refractivity contribution in [2.24, 2.45) is 5.92 Å². The summed E-state index contributed by atoms with van der Waals surface area (Å²) >= 11 is 1.50. The zero-order chi connectivity index (χ0) is 17.6. The van der Waals surface area contributed by atoms with Crippen molar-refractivity contribution in [3.05, 3.63) is 10.6 Å². The molecule has 1 spiro atoms. The molecule has 2 fully saturated rings. The highest BCUT2D eigenvalue weighted by Gasteiger charge is 2.52. The molecule has 7 nitrogen and oxygen atoms in total. The first kappa shape index (κ1) is 16.5. The molecule has 0 bridgehead atoms. The van der Waals surface area contributed by atoms with Gasteiger partial charge in [0.25, 0.3) is 5.91 Å². The van der Waals surface area contributed by atoms with Gasteiger partial charge in [-0.2, -0.15) is 0 Å². The lowest BCUT2D eigenvalue weighted by Crippen LogP contribution is -2.44. The summed E-state index contributed by atoms with van der Waals surface area (Å²) in [5.74, 6) is 0.000111. The average molecular weight is 362 g/mol. The zero-order valence-corrected chi connectivity index (χ0v) is 15.1. The number of carbonyl (C=O) groups excluding carboxylic acids is 3. The summed E-state index contributed by atoms with van der Waals surface area (Å²) in [7, 11) is 0. The van der Waals surface area contributed by atoms with Gasteiger partial charge < -0.3 is 10.6 Å². The summed E-state index contributed by atoms with van der Waals surface area (Å²) in [6, 6.07) is -0.464. The number of thiazole rings is 1. The molecule has 2 N–H and O–H groups in total. The number of fused-ring (bicyclic) bond motifs is 1. The second-order valence-corrected chi connectivity index (χ2v) is 8.48. The molecule has 134 valence electrons. The second kappa shape index (κ2) is 6.09. The first-order valence-corrected chi connectivity index (χ1v) is 9.71. The van der Waals surface area contributed by atoms with Crippen LogP contribution in [0.3, 0.4) is 0 Å². The average Bonchev–Trinajstić information content (AvgIpc) is 3.23. The standard InChI is InChI=1S/C17H22N4O3S/c1-10-4-5-11-12(8-10)25-15(18-11)19-13(22)9-21-14(23)17(20-16(21)24)6-2-3-7-17/h10H,2-9H2,1H3,(H,20,24)(H,18,19,22)/t10-/m1/s1. The molecule has 1 aliphatic heterocycles. The van der Waals surface area contributed by atoms with Crippen LogP contribution >= 0.6 is 11.3 Å². The van der Waals surface area contributed by atoms with Crippen LogP contribution in [0.5, 0.6) is 0 Å². The van der Waals surface area contributed by atoms with Crippen molar-refractivity contribution in [3.63, 3.8) is 0 Å². The second-order valence-electron chi connectivity index (χ2n) is 7.40. The van der Waals surface area contributed by atoms with Crippen molar-refractivity contribution < 1.29 is 14.4 Å². The molecule has 1 saturated carbocycles. The number of nitrogens with one attached hydrogen (secondary N) is 2. The fraction of sp³-hybridized carbons (Fsp3) is 0.647. The SMILES string of the molecule is C[C@@H]1CCc2nc(NC(=O)CN3C(=O)NC4(CCCC4)C3=O)sc2C1. The van der Waals surface area contributed by atoms with Crippen LogP contribution < -0.4 is 10.6 Å². The molecule has 8 heteroatoms. The minimum atomic E-state index is -0.770. The molecule has 1 saturated heterocycles. The highest BCUT2D eigenvalue weighted by atomic mass is 32.1. The van der Waals surface area contributed by atoms with E-state index in [1.54, 1.807) is 0 Å². The number of anilines is 1. The maximum absolute atomic E-state index is 12.6. The van der Waals surface area contributed by atoms with E-state index in [1.807, 2.05) is 0 Å². The van der Waals surface area contributed by atoms with Crippen LogP contribution in [0.25, 0.3) is 0 Å². The van der Waals surface area contributed by atoms with Crippen molar-refractivity contribution >= 4 is 34.3 Å². The zero-order valence-electron chi connectivity index (χ0n) is 14.3. The quantitative estimate of drug-likeness (QED) is 0.805. The van der Waals surface area contributed by atoms with Gasteiger partial charge in [-0.05, 0) is 38.0 Å². The van der Waals surface area contributed by atoms with E-state index in [1.165, 1.54) is 16.2 Å². The molecule has 1 aromatic heterocycles. The van der Waals surface area contributed by atoms with Crippen molar-refractivity contribution in [2.75, 3.05) is 11.9 Å². The summed E-state index contributed by atoms with van der Waals surface area (Å²) < 4.78 is 0. The lowest BCUT2D eigenvalue weighted by molar-refractivity contribution is -0.133. The maximum atomic E-state index is 12.6. The predicted octanol–water partition coefficient (Wildman–Crippen LogP) is 2.07. The largest absolute Gasteiger partial charge is 0.325 e. The van der Waals surface area contributed by atoms with Gasteiger partial charge in [-0.1, -0.05) is 19.8 Å². The Hall–Kier alpha value is -1.96. The number of imide groups is 1. The third-order valence-corrected chi connectivity index (χ3v) is 6.47. The Balaban J connectivity index is 1.41. The number of nitrogens with zero attached hydrogens (tertiary/aromatic N) is 2. The molecule has 1 atom stereocenters. The third kappa shape index (κ3) is 2.92. The van der Waals surface area contributed by atoms with E-state index < -0.39 is 11.6 Å². The molecule has 0 unspecified atom stereocenters. The third-order valence-electron chi connectivity index (χ3n) is 5.44. The number of urea groups is 1. The molecule has 25 heavy (non-hydrogen) atoms. The number of aromatic nitrogens is 1. The van der Waals surface area contributed by atoms with Crippen molar-refractivity contribution in [1.29, 1.82) is 0 Å². The van der Waals surface area contributed by atoms with Crippen LogP contribution in [0, 0.1) is 5.92 Å². The number of amides is 4. The molecule has 2 aliphatic carbocycles. The van der Waals surface area contributed by atoms with Crippen LogP contribution in [0.15, 0.2) is 0 Å². The molecule has 0 radical (unpaired) electrons. The first-order chi connectivity index (χ1) is 12.0. The van der Waals surface area contributed by atoms with E-state index in [4.69, 9.17) is 0 Å². The number of hydrogen-bond acceptors (Lipinski definition) is 5. The fourth-order valence-corrected chi connectivity index (χ4v) is 5.22. The minimum Gasteiger partial charge on any atom is -0.323 e. The molecule has 3 aliphatic rings. The Bertz CT molecular complexity index is 738. The van der Waals surface area contributed by atoms with Gasteiger partial charge in [0.2, 0.25) is 5.91 Å². The molecule has 4 amide bonds. The molecule has 4 rings (SSSR count). The Kier molecular flexibility index (Phi) is 4.02. The summed E-state index contributed by atoms with van der Waals surface area (Å²) in [6.45, 7) is 1.96. The van der Waals surface area contributed by atoms with Crippen molar-refractivity contribution in [1.82, 2.24) is 15.2 Å². The van der Waals surface area contributed by atoms with Crippen LogP contribution in [-0.4, -0.2) is 39.8 Å². The Morgan fingerprint density at radius 2 is 2.16 bits per heavy atom. The van der Waals surface area contributed by atoms with Crippen LogP contribution in [-0.2, 0) is 22.4 Å². The molecule has 0 aromatic carbocycles. The number of rotatable bonds is 3. The van der Waals surface area contributed by atoms with Crippen molar-refractivity contribution in [2.45, 2.75) is 57.4 Å². The predicted molar refractivity (Wildman–Crippen MR) is 93.4 cm³/mol. The molecular weight excluding hydrogens is 340 g/mol. The Morgan fingerprint density at radius 1 is 1.40 bits per heavy atom. The van der Waals surface area contributed by atoms with Gasteiger partial charge in [-0.3, -0.25) is 14.5 Å². The minimum absolute atomic E-state index is 0.257. The normalized spacial score (nSPS) is 24.5. The smallest absolute Gasteiger partial charge is 0.323 e. The van der Waals surface area contributed by atoms with E-state index in [9.17, 15) is 14.4 Å². The van der Waals surface area contributed by atoms with Gasteiger partial charge in [0.15, 0.2) is 5.13 Å². The number of hydrogen-bond donors (Lipinski definition) is 2. The summed E-state index contributed by atoms with van der Waals surface area (Å²) in [5.41, 5.74) is 0.298. The fourth-order valence-electron chi connectivity index (χ4n) is 4.03. The maximum Gasteiger partial charge on any atom is 0.325 e. The van der Waals surface area contributed by atoms with E-state index in [0.29, 0.717) is 23.9 Å². The van der Waals surface area contributed by atoms with E-state index in [2.05, 4.69) is 22.5 Å². The summed E-state index contributed by atoms with van der Waals surface area (Å²) in [5, 5.41) is 6.10. The molecule has 1 aromatic rings. The van der Waals surface area contributed by atoms with Gasteiger partial charge in [-0.25, -0.2) is 9.78 Å². The Morgan fingerprint density at radius 3 is 2.92 bits per heavy atom. The van der Waals surface area contributed by atoms with E-state index >= 15 is 0 Å². The van der Waals surface area contributed by atoms with Crippen LogP contribution in [0.1, 0.15) is 49.6 Å². The van der Waals surface area contributed by atoms with Crippen molar-refractivity contribution in [3.8, 4) is 0 Å². The lowest BCUT2D eigenvalue weighted by atomic mass is 9.93. The molecule has 2 heterocycles. The highest BCUT2D eigenvalue weighted by molar-refractivity contribution is 7.15. The topological polar surface area (TPSA) is 91.4 Å². The van der Waals surface area contributed by atoms with Crippen LogP contribution in [0.4, 0.5) is 9.93 Å². The van der Waals surface area contributed by atoms with Gasteiger partial charge in [0, 0.05) is 4.88 Å². The lowest BCUT2D eigenvalue weighted by Gasteiger charge is -2.19. The first-order valence-electron chi connectivity index (χ1n) is 8.89. The highest BCUT2D eigenvalue weighted by Crippen LogP contribution is 2.35. The van der Waals surface area contributed by atoms with E-state index in [-0.39, 0.29) is 18.4 Å². The van der Waals surface area contributed by atoms with Gasteiger partial charge in [-0.15, -0.1) is 11.3 Å². The van der Waals surface area contributed by atoms with E-state index in [0.717, 1.165) is 42.7 Å². The monoisotopic (exact) mass is 362 g/mol.